The molecule has 18 heavy (non-hydrogen) atoms. The number of nitriles is 2. The van der Waals surface area contributed by atoms with E-state index in [9.17, 15) is 15.3 Å². The van der Waals surface area contributed by atoms with Crippen LogP contribution in [-0.4, -0.2) is 12.1 Å². The van der Waals surface area contributed by atoms with Crippen molar-refractivity contribution in [1.29, 1.82) is 10.5 Å². The van der Waals surface area contributed by atoms with Crippen molar-refractivity contribution in [3.8, 4) is 12.1 Å². The predicted molar refractivity (Wildman–Crippen MR) is 63.7 cm³/mol. The number of ether oxygens (including phenoxy) is 1. The minimum atomic E-state index is -1.21. The van der Waals surface area contributed by atoms with Gasteiger partial charge in [-0.15, -0.1) is 0 Å². The van der Waals surface area contributed by atoms with Gasteiger partial charge in [0.25, 0.3) is 0 Å². The number of hydrogen-bond donors (Lipinski definition) is 0. The molecule has 0 N–H and O–H groups in total. The molecule has 0 aliphatic heterocycles. The second-order valence-corrected chi connectivity index (χ2v) is 6.06. The van der Waals surface area contributed by atoms with Crippen LogP contribution in [0.25, 0.3) is 0 Å². The first kappa shape index (κ1) is 12.6. The van der Waals surface area contributed by atoms with Crippen LogP contribution in [0.1, 0.15) is 27.2 Å². The van der Waals surface area contributed by atoms with Gasteiger partial charge in [0, 0.05) is 11.8 Å². The first-order chi connectivity index (χ1) is 8.35. The Bertz CT molecular complexity index is 473. The summed E-state index contributed by atoms with van der Waals surface area (Å²) >= 11 is 0. The third-order valence-corrected chi connectivity index (χ3v) is 3.76. The number of esters is 1. The van der Waals surface area contributed by atoms with Gasteiger partial charge < -0.3 is 4.74 Å². The van der Waals surface area contributed by atoms with Crippen LogP contribution < -0.4 is 0 Å². The number of carbonyl (C=O) groups is 1. The molecule has 0 radical (unpaired) electrons. The van der Waals surface area contributed by atoms with Gasteiger partial charge in [0.15, 0.2) is 5.41 Å². The van der Waals surface area contributed by atoms with E-state index >= 15 is 0 Å². The summed E-state index contributed by atoms with van der Waals surface area (Å²) in [5, 5.41) is 18.7. The SMILES string of the molecule is CC(C)(C)C(=O)OC1C2C=CC(C2)C1(C#N)C#N. The third kappa shape index (κ3) is 1.61. The Hall–Kier alpha value is -1.81. The molecular formula is C14H16N2O2. The molecule has 94 valence electrons. The van der Waals surface area contributed by atoms with Gasteiger partial charge >= 0.3 is 5.97 Å². The molecule has 1 fully saturated rings. The predicted octanol–water partition coefficient (Wildman–Crippen LogP) is 2.18. The number of carbonyl (C=O) groups excluding carboxylic acids is 1. The maximum Gasteiger partial charge on any atom is 0.311 e. The molecule has 3 atom stereocenters. The van der Waals surface area contributed by atoms with Crippen molar-refractivity contribution >= 4 is 5.97 Å². The minimum Gasteiger partial charge on any atom is -0.458 e. The zero-order chi connectivity index (χ0) is 13.6. The smallest absolute Gasteiger partial charge is 0.311 e. The average Bonchev–Trinajstić information content (AvgIpc) is 2.87. The van der Waals surface area contributed by atoms with Crippen LogP contribution in [0.3, 0.4) is 0 Å². The van der Waals surface area contributed by atoms with Gasteiger partial charge in [-0.25, -0.2) is 0 Å². The van der Waals surface area contributed by atoms with Crippen LogP contribution in [0.2, 0.25) is 0 Å². The Morgan fingerprint density at radius 1 is 1.33 bits per heavy atom. The van der Waals surface area contributed by atoms with E-state index in [1.807, 2.05) is 12.2 Å². The van der Waals surface area contributed by atoms with Crippen LogP contribution >= 0.6 is 0 Å². The summed E-state index contributed by atoms with van der Waals surface area (Å²) in [6.07, 6.45) is 3.95. The lowest BCUT2D eigenvalue weighted by atomic mass is 9.76. The number of nitrogens with zero attached hydrogens (tertiary/aromatic N) is 2. The highest BCUT2D eigenvalue weighted by molar-refractivity contribution is 5.75. The van der Waals surface area contributed by atoms with Gasteiger partial charge in [-0.3, -0.25) is 4.79 Å². The summed E-state index contributed by atoms with van der Waals surface area (Å²) < 4.78 is 5.47. The van der Waals surface area contributed by atoms with Crippen LogP contribution in [0, 0.1) is 45.3 Å². The van der Waals surface area contributed by atoms with Crippen LogP contribution in [0.4, 0.5) is 0 Å². The van der Waals surface area contributed by atoms with Crippen molar-refractivity contribution in [3.63, 3.8) is 0 Å². The summed E-state index contributed by atoms with van der Waals surface area (Å²) in [7, 11) is 0. The van der Waals surface area contributed by atoms with E-state index in [-0.39, 0.29) is 17.8 Å². The molecule has 0 spiro atoms. The summed E-state index contributed by atoms with van der Waals surface area (Å²) in [6, 6.07) is 4.15. The zero-order valence-corrected chi connectivity index (χ0v) is 10.8. The van der Waals surface area contributed by atoms with Gasteiger partial charge in [0.2, 0.25) is 0 Å². The fourth-order valence-electron chi connectivity index (χ4n) is 2.63. The average molecular weight is 244 g/mol. The second kappa shape index (κ2) is 3.85. The highest BCUT2D eigenvalue weighted by atomic mass is 16.5. The van der Waals surface area contributed by atoms with Gasteiger partial charge in [0.1, 0.15) is 6.10 Å². The maximum absolute atomic E-state index is 12.0. The molecule has 0 aromatic carbocycles. The molecule has 4 nitrogen and oxygen atoms in total. The Labute approximate surface area is 107 Å². The summed E-state index contributed by atoms with van der Waals surface area (Å²) in [5.41, 5.74) is -1.83. The highest BCUT2D eigenvalue weighted by Gasteiger charge is 2.60. The first-order valence-corrected chi connectivity index (χ1v) is 6.07. The zero-order valence-electron chi connectivity index (χ0n) is 10.8. The molecule has 0 saturated heterocycles. The second-order valence-electron chi connectivity index (χ2n) is 6.06. The van der Waals surface area contributed by atoms with Gasteiger partial charge in [-0.1, -0.05) is 12.2 Å². The largest absolute Gasteiger partial charge is 0.458 e. The van der Waals surface area contributed by atoms with E-state index in [4.69, 9.17) is 4.74 Å². The lowest BCUT2D eigenvalue weighted by Crippen LogP contribution is -2.42. The monoisotopic (exact) mass is 244 g/mol. The van der Waals surface area contributed by atoms with Crippen molar-refractivity contribution < 1.29 is 9.53 Å². The van der Waals surface area contributed by atoms with E-state index in [2.05, 4.69) is 12.1 Å². The van der Waals surface area contributed by atoms with Crippen molar-refractivity contribution in [2.45, 2.75) is 33.3 Å². The molecule has 1 saturated carbocycles. The summed E-state index contributed by atoms with van der Waals surface area (Å²) in [4.78, 5) is 12.0. The lowest BCUT2D eigenvalue weighted by Gasteiger charge is -2.31. The minimum absolute atomic E-state index is 0.000556. The topological polar surface area (TPSA) is 73.9 Å². The number of rotatable bonds is 1. The molecule has 3 unspecified atom stereocenters. The van der Waals surface area contributed by atoms with E-state index in [0.717, 1.165) is 6.42 Å². The van der Waals surface area contributed by atoms with Gasteiger partial charge in [0.05, 0.1) is 17.6 Å². The van der Waals surface area contributed by atoms with E-state index in [0.29, 0.717) is 0 Å². The molecule has 2 bridgehead atoms. The quantitative estimate of drug-likeness (QED) is 0.523. The molecule has 0 aromatic rings. The lowest BCUT2D eigenvalue weighted by molar-refractivity contribution is -0.163. The Morgan fingerprint density at radius 2 is 1.94 bits per heavy atom. The summed E-state index contributed by atoms with van der Waals surface area (Å²) in [6.45, 7) is 5.29. The Kier molecular flexibility index (Phi) is 2.70. The molecule has 0 heterocycles. The van der Waals surface area contributed by atoms with Crippen LogP contribution in [-0.2, 0) is 9.53 Å². The van der Waals surface area contributed by atoms with Crippen molar-refractivity contribution in [1.82, 2.24) is 0 Å². The Morgan fingerprint density at radius 3 is 2.44 bits per heavy atom. The maximum atomic E-state index is 12.0. The third-order valence-electron chi connectivity index (χ3n) is 3.76. The fraction of sp³-hybridized carbons (Fsp3) is 0.643. The molecule has 2 rings (SSSR count). The molecule has 0 amide bonds. The molecular weight excluding hydrogens is 228 g/mol. The van der Waals surface area contributed by atoms with Crippen molar-refractivity contribution in [3.05, 3.63) is 12.2 Å². The van der Waals surface area contributed by atoms with E-state index in [1.165, 1.54) is 0 Å². The van der Waals surface area contributed by atoms with Crippen molar-refractivity contribution in [2.75, 3.05) is 0 Å². The van der Waals surface area contributed by atoms with Gasteiger partial charge in [-0.2, -0.15) is 10.5 Å². The van der Waals surface area contributed by atoms with Crippen LogP contribution in [0.15, 0.2) is 12.2 Å². The highest BCUT2D eigenvalue weighted by Crippen LogP contribution is 2.53. The molecule has 0 aromatic heterocycles. The van der Waals surface area contributed by atoms with Gasteiger partial charge in [-0.05, 0) is 27.2 Å². The Balaban J connectivity index is 2.29. The van der Waals surface area contributed by atoms with E-state index < -0.39 is 16.9 Å². The number of fused-ring (bicyclic) bond motifs is 2. The van der Waals surface area contributed by atoms with E-state index in [1.54, 1.807) is 20.8 Å². The molecule has 4 heteroatoms. The normalized spacial score (nSPS) is 31.7. The van der Waals surface area contributed by atoms with Crippen molar-refractivity contribution in [2.24, 2.45) is 22.7 Å². The van der Waals surface area contributed by atoms with Crippen LogP contribution in [0.5, 0.6) is 0 Å². The summed E-state index contributed by atoms with van der Waals surface area (Å²) in [5.74, 6) is -0.473. The molecule has 2 aliphatic carbocycles. The molecule has 2 aliphatic rings. The number of hydrogen-bond acceptors (Lipinski definition) is 4. The number of allylic oxidation sites excluding steroid dienone is 1. The standard InChI is InChI=1S/C14H16N2O2/c1-13(2,3)12(17)18-11-9-4-5-10(6-9)14(11,7-15)8-16/h4-5,9-11H,6H2,1-3H3. The first-order valence-electron chi connectivity index (χ1n) is 6.07. The fourth-order valence-corrected chi connectivity index (χ4v) is 2.63.